The summed E-state index contributed by atoms with van der Waals surface area (Å²) < 4.78 is 72.1. The second kappa shape index (κ2) is 11.3. The zero-order chi connectivity index (χ0) is 27.3. The quantitative estimate of drug-likeness (QED) is 0.230. The molecule has 38 heavy (non-hydrogen) atoms. The highest BCUT2D eigenvalue weighted by atomic mass is 32.2. The van der Waals surface area contributed by atoms with Crippen LogP contribution in [-0.4, -0.2) is 44.2 Å². The molecule has 4 aromatic rings. The van der Waals surface area contributed by atoms with Gasteiger partial charge in [-0.3, -0.25) is 9.88 Å². The molecule has 0 unspecified atom stereocenters. The molecular weight excluding hydrogens is 513 g/mol. The van der Waals surface area contributed by atoms with Gasteiger partial charge < -0.3 is 4.74 Å². The summed E-state index contributed by atoms with van der Waals surface area (Å²) in [6, 6.07) is 18.7. The molecule has 0 atom stereocenters. The number of rotatable bonds is 9. The predicted octanol–water partition coefficient (Wildman–Crippen LogP) is 6.44. The molecule has 1 aromatic heterocycles. The number of ether oxygens (including phenoxy) is 1. The van der Waals surface area contributed by atoms with E-state index in [0.717, 1.165) is 6.07 Å². The van der Waals surface area contributed by atoms with Gasteiger partial charge in [0, 0.05) is 11.6 Å². The molecule has 196 valence electrons. The lowest BCUT2D eigenvalue weighted by molar-refractivity contribution is -0.136. The van der Waals surface area contributed by atoms with E-state index in [9.17, 15) is 21.6 Å². The molecule has 5 nitrogen and oxygen atoms in total. The van der Waals surface area contributed by atoms with E-state index in [1.807, 2.05) is 11.9 Å². The Morgan fingerprint density at radius 1 is 1.00 bits per heavy atom. The van der Waals surface area contributed by atoms with Crippen LogP contribution < -0.4 is 4.74 Å². The second-order valence-corrected chi connectivity index (χ2v) is 10.9. The summed E-state index contributed by atoms with van der Waals surface area (Å²) in [4.78, 5) is 5.99. The molecule has 0 aliphatic carbocycles. The van der Waals surface area contributed by atoms with Crippen LogP contribution in [0.1, 0.15) is 12.0 Å². The Balaban J connectivity index is 1.57. The molecule has 0 spiro atoms. The van der Waals surface area contributed by atoms with Gasteiger partial charge in [-0.25, -0.2) is 8.42 Å². The lowest BCUT2D eigenvalue weighted by Gasteiger charge is -2.14. The van der Waals surface area contributed by atoms with E-state index >= 15 is 0 Å². The van der Waals surface area contributed by atoms with Crippen molar-refractivity contribution >= 4 is 20.7 Å². The fourth-order valence-corrected chi connectivity index (χ4v) is 5.45. The number of terminal acetylenes is 1. The molecule has 0 fully saturated rings. The molecule has 0 aliphatic rings. The van der Waals surface area contributed by atoms with E-state index < -0.39 is 21.6 Å². The number of hydrogen-bond acceptors (Lipinski definition) is 5. The number of aromatic nitrogens is 1. The summed E-state index contributed by atoms with van der Waals surface area (Å²) in [5.41, 5.74) is 0.268. The molecule has 9 heteroatoms. The Morgan fingerprint density at radius 3 is 2.45 bits per heavy atom. The van der Waals surface area contributed by atoms with Gasteiger partial charge in [0.05, 0.1) is 28.3 Å². The van der Waals surface area contributed by atoms with Crippen molar-refractivity contribution in [1.82, 2.24) is 9.88 Å². The second-order valence-electron chi connectivity index (χ2n) is 8.78. The Kier molecular flexibility index (Phi) is 8.05. The van der Waals surface area contributed by atoms with Crippen LogP contribution in [-0.2, 0) is 16.0 Å². The molecule has 0 aliphatic heterocycles. The van der Waals surface area contributed by atoms with Crippen LogP contribution in [0, 0.1) is 12.3 Å². The Hall–Kier alpha value is -3.87. The zero-order valence-electron chi connectivity index (χ0n) is 20.6. The largest absolute Gasteiger partial charge is 0.457 e. The van der Waals surface area contributed by atoms with E-state index in [-0.39, 0.29) is 16.2 Å². The standard InChI is InChI=1S/C29H25F3N2O3S/c1-3-16-34(2)17-7-18-38(35,36)24-11-5-10-23(20-24)37-22-9-4-8-21(19-22)25-14-15-33-28-26(25)12-6-13-27(28)29(30,31)32/h1,4-6,8-15,19-20H,7,16-18H2,2H3. The summed E-state index contributed by atoms with van der Waals surface area (Å²) >= 11 is 0. The highest BCUT2D eigenvalue weighted by Crippen LogP contribution is 2.37. The molecule has 1 heterocycles. The van der Waals surface area contributed by atoms with Crippen molar-refractivity contribution in [2.75, 3.05) is 25.9 Å². The van der Waals surface area contributed by atoms with Crippen molar-refractivity contribution in [2.24, 2.45) is 0 Å². The van der Waals surface area contributed by atoms with Gasteiger partial charge in [0.15, 0.2) is 9.84 Å². The van der Waals surface area contributed by atoms with Crippen molar-refractivity contribution in [1.29, 1.82) is 0 Å². The van der Waals surface area contributed by atoms with Crippen LogP contribution in [0.5, 0.6) is 11.5 Å². The van der Waals surface area contributed by atoms with E-state index in [1.165, 1.54) is 24.4 Å². The first kappa shape index (κ1) is 27.2. The molecule has 0 bridgehead atoms. The van der Waals surface area contributed by atoms with Gasteiger partial charge in [0.1, 0.15) is 11.5 Å². The number of alkyl halides is 3. The van der Waals surface area contributed by atoms with Crippen molar-refractivity contribution in [3.8, 4) is 35.0 Å². The Morgan fingerprint density at radius 2 is 1.71 bits per heavy atom. The van der Waals surface area contributed by atoms with Crippen LogP contribution in [0.4, 0.5) is 13.2 Å². The minimum Gasteiger partial charge on any atom is -0.457 e. The zero-order valence-corrected chi connectivity index (χ0v) is 21.4. The molecule has 3 aromatic carbocycles. The number of para-hydroxylation sites is 1. The number of halogens is 3. The molecule has 4 rings (SSSR count). The number of pyridine rings is 1. The first-order chi connectivity index (χ1) is 18.1. The van der Waals surface area contributed by atoms with Crippen LogP contribution in [0.3, 0.4) is 0 Å². The third-order valence-corrected chi connectivity index (χ3v) is 7.73. The number of sulfone groups is 1. The fourth-order valence-electron chi connectivity index (χ4n) is 4.13. The van der Waals surface area contributed by atoms with Gasteiger partial charge in [-0.15, -0.1) is 6.42 Å². The van der Waals surface area contributed by atoms with Gasteiger partial charge in [0.2, 0.25) is 0 Å². The first-order valence-electron chi connectivity index (χ1n) is 11.8. The lowest BCUT2D eigenvalue weighted by atomic mass is 9.99. The molecule has 0 saturated heterocycles. The number of nitrogens with zero attached hydrogens (tertiary/aromatic N) is 2. The van der Waals surface area contributed by atoms with Gasteiger partial charge >= 0.3 is 6.18 Å². The topological polar surface area (TPSA) is 59.5 Å². The van der Waals surface area contributed by atoms with Crippen molar-refractivity contribution in [3.63, 3.8) is 0 Å². The van der Waals surface area contributed by atoms with Crippen LogP contribution in [0.2, 0.25) is 0 Å². The normalized spacial score (nSPS) is 12.0. The van der Waals surface area contributed by atoms with Gasteiger partial charge in [-0.1, -0.05) is 36.3 Å². The number of hydrogen-bond donors (Lipinski definition) is 0. The first-order valence-corrected chi connectivity index (χ1v) is 13.4. The molecule has 0 amide bonds. The molecular formula is C29H25F3N2O3S. The highest BCUT2D eigenvalue weighted by molar-refractivity contribution is 7.91. The summed E-state index contributed by atoms with van der Waals surface area (Å²) in [6.07, 6.45) is 2.53. The summed E-state index contributed by atoms with van der Waals surface area (Å²) in [6.45, 7) is 1.00. The summed E-state index contributed by atoms with van der Waals surface area (Å²) in [5, 5.41) is 0.362. The van der Waals surface area contributed by atoms with Gasteiger partial charge in [-0.2, -0.15) is 13.2 Å². The Bertz CT molecular complexity index is 1590. The minimum atomic E-state index is -4.53. The van der Waals surface area contributed by atoms with Crippen LogP contribution >= 0.6 is 0 Å². The lowest BCUT2D eigenvalue weighted by Crippen LogP contribution is -2.22. The maximum atomic E-state index is 13.5. The smallest absolute Gasteiger partial charge is 0.418 e. The third-order valence-electron chi connectivity index (χ3n) is 5.94. The van der Waals surface area contributed by atoms with E-state index in [1.54, 1.807) is 48.5 Å². The van der Waals surface area contributed by atoms with Crippen LogP contribution in [0.25, 0.3) is 22.0 Å². The third kappa shape index (κ3) is 6.33. The maximum absolute atomic E-state index is 13.5. The maximum Gasteiger partial charge on any atom is 0.418 e. The monoisotopic (exact) mass is 538 g/mol. The average molecular weight is 539 g/mol. The summed E-state index contributed by atoms with van der Waals surface area (Å²) in [5.74, 6) is 3.22. The van der Waals surface area contributed by atoms with E-state index in [2.05, 4.69) is 10.9 Å². The highest BCUT2D eigenvalue weighted by Gasteiger charge is 2.33. The van der Waals surface area contributed by atoms with Crippen molar-refractivity contribution < 1.29 is 26.3 Å². The SMILES string of the molecule is C#CCN(C)CCCS(=O)(=O)c1cccc(Oc2cccc(-c3ccnc4c(C(F)(F)F)cccc34)c2)c1. The van der Waals surface area contributed by atoms with Crippen molar-refractivity contribution in [3.05, 3.63) is 84.6 Å². The molecule has 0 N–H and O–H groups in total. The minimum absolute atomic E-state index is 0.0319. The fraction of sp³-hybridized carbons (Fsp3) is 0.207. The van der Waals surface area contributed by atoms with Gasteiger partial charge in [0.25, 0.3) is 0 Å². The number of fused-ring (bicyclic) bond motifs is 1. The van der Waals surface area contributed by atoms with Crippen LogP contribution in [0.15, 0.2) is 83.9 Å². The van der Waals surface area contributed by atoms with Gasteiger partial charge in [-0.05, 0) is 73.6 Å². The van der Waals surface area contributed by atoms with E-state index in [4.69, 9.17) is 11.2 Å². The molecule has 0 saturated carbocycles. The average Bonchev–Trinajstić information content (AvgIpc) is 2.88. The predicted molar refractivity (Wildman–Crippen MR) is 142 cm³/mol. The Labute approximate surface area is 219 Å². The summed E-state index contributed by atoms with van der Waals surface area (Å²) in [7, 11) is -1.70. The van der Waals surface area contributed by atoms with E-state index in [0.29, 0.717) is 47.5 Å². The molecule has 0 radical (unpaired) electrons. The number of benzene rings is 3. The van der Waals surface area contributed by atoms with Crippen molar-refractivity contribution in [2.45, 2.75) is 17.5 Å².